The maximum Gasteiger partial charge on any atom is 0.410 e. The van der Waals surface area contributed by atoms with E-state index in [1.54, 1.807) is 7.11 Å². The Labute approximate surface area is 128 Å². The number of rotatable bonds is 1. The molecule has 1 heterocycles. The summed E-state index contributed by atoms with van der Waals surface area (Å²) in [5.74, 6) is 0. The largest absolute Gasteiger partial charge is 0.504 e. The molecule has 2 aliphatic rings. The van der Waals surface area contributed by atoms with Crippen molar-refractivity contribution in [3.63, 3.8) is 0 Å². The first-order chi connectivity index (χ1) is 9.84. The van der Waals surface area contributed by atoms with E-state index in [1.165, 1.54) is 18.4 Å². The number of ether oxygens (including phenoxy) is 2. The van der Waals surface area contributed by atoms with E-state index >= 15 is 0 Å². The van der Waals surface area contributed by atoms with E-state index in [9.17, 15) is 4.79 Å². The second-order valence-electron chi connectivity index (χ2n) is 7.48. The van der Waals surface area contributed by atoms with Crippen LogP contribution < -0.4 is 0 Å². The molecule has 0 aromatic carbocycles. The third-order valence-corrected chi connectivity index (χ3v) is 4.71. The van der Waals surface area contributed by atoms with Crippen molar-refractivity contribution in [2.24, 2.45) is 5.41 Å². The van der Waals surface area contributed by atoms with Crippen molar-refractivity contribution in [1.82, 2.24) is 4.90 Å². The van der Waals surface area contributed by atoms with Crippen LogP contribution in [0.2, 0.25) is 0 Å². The lowest BCUT2D eigenvalue weighted by Crippen LogP contribution is -2.45. The summed E-state index contributed by atoms with van der Waals surface area (Å²) in [7, 11) is 1.72. The topological polar surface area (TPSA) is 38.8 Å². The number of carbonyl (C=O) groups excluding carboxylic acids is 1. The normalized spacial score (nSPS) is 22.1. The van der Waals surface area contributed by atoms with Crippen molar-refractivity contribution in [2.45, 2.75) is 64.9 Å². The maximum absolute atomic E-state index is 12.1. The average molecular weight is 295 g/mol. The van der Waals surface area contributed by atoms with E-state index in [1.807, 2.05) is 31.9 Å². The maximum atomic E-state index is 12.1. The lowest BCUT2D eigenvalue weighted by atomic mass is 9.67. The van der Waals surface area contributed by atoms with Crippen molar-refractivity contribution < 1.29 is 14.3 Å². The standard InChI is InChI=1S/C17H29NO3/c1-16(2,3)21-15(19)18-11-9-17(10-12-18)7-5-14(6-8-17)13-20-4/h13H,5-12H2,1-4H3. The highest BCUT2D eigenvalue weighted by Crippen LogP contribution is 2.46. The SMILES string of the molecule is COC=C1CCC2(CC1)CCN(C(=O)OC(C)(C)C)CC2. The second kappa shape index (κ2) is 6.29. The number of likely N-dealkylation sites (tertiary alicyclic amines) is 1. The van der Waals surface area contributed by atoms with Crippen molar-refractivity contribution in [2.75, 3.05) is 20.2 Å². The van der Waals surface area contributed by atoms with Crippen LogP contribution in [0.25, 0.3) is 0 Å². The third kappa shape index (κ3) is 4.39. The quantitative estimate of drug-likeness (QED) is 0.683. The highest BCUT2D eigenvalue weighted by molar-refractivity contribution is 5.68. The summed E-state index contributed by atoms with van der Waals surface area (Å²) < 4.78 is 10.6. The Hall–Kier alpha value is -1.19. The number of piperidine rings is 1. The van der Waals surface area contributed by atoms with E-state index in [0.29, 0.717) is 5.41 Å². The van der Waals surface area contributed by atoms with E-state index in [2.05, 4.69) is 0 Å². The summed E-state index contributed by atoms with van der Waals surface area (Å²) >= 11 is 0. The van der Waals surface area contributed by atoms with Crippen LogP contribution in [0, 0.1) is 5.41 Å². The molecule has 1 aliphatic carbocycles. The minimum atomic E-state index is -0.406. The first-order valence-electron chi connectivity index (χ1n) is 8.02. The van der Waals surface area contributed by atoms with Gasteiger partial charge in [-0.1, -0.05) is 0 Å². The van der Waals surface area contributed by atoms with Gasteiger partial charge in [-0.2, -0.15) is 0 Å². The van der Waals surface area contributed by atoms with Crippen molar-refractivity contribution in [3.8, 4) is 0 Å². The second-order valence-corrected chi connectivity index (χ2v) is 7.48. The molecule has 1 spiro atoms. The van der Waals surface area contributed by atoms with Gasteiger partial charge in [-0.3, -0.25) is 0 Å². The van der Waals surface area contributed by atoms with E-state index in [0.717, 1.165) is 38.8 Å². The first kappa shape index (κ1) is 16.2. The average Bonchev–Trinajstić information content (AvgIpc) is 2.41. The predicted molar refractivity (Wildman–Crippen MR) is 83.0 cm³/mol. The minimum Gasteiger partial charge on any atom is -0.504 e. The van der Waals surface area contributed by atoms with Gasteiger partial charge < -0.3 is 14.4 Å². The summed E-state index contributed by atoms with van der Waals surface area (Å²) in [6.45, 7) is 7.42. The van der Waals surface area contributed by atoms with Gasteiger partial charge in [-0.15, -0.1) is 0 Å². The fourth-order valence-corrected chi connectivity index (χ4v) is 3.38. The summed E-state index contributed by atoms with van der Waals surface area (Å²) in [5.41, 5.74) is 1.46. The van der Waals surface area contributed by atoms with Crippen LogP contribution in [0.3, 0.4) is 0 Å². The number of amides is 1. The van der Waals surface area contributed by atoms with Crippen LogP contribution in [0.15, 0.2) is 11.8 Å². The van der Waals surface area contributed by atoms with Gasteiger partial charge in [0.15, 0.2) is 0 Å². The molecule has 4 heteroatoms. The number of methoxy groups -OCH3 is 1. The molecular formula is C17H29NO3. The summed E-state index contributed by atoms with van der Waals surface area (Å²) in [5, 5.41) is 0. The molecule has 0 bridgehead atoms. The van der Waals surface area contributed by atoms with Crippen LogP contribution in [0.1, 0.15) is 59.3 Å². The van der Waals surface area contributed by atoms with Crippen LogP contribution in [0.5, 0.6) is 0 Å². The number of carbonyl (C=O) groups is 1. The molecule has 1 saturated carbocycles. The van der Waals surface area contributed by atoms with Crippen LogP contribution in [-0.2, 0) is 9.47 Å². The third-order valence-electron chi connectivity index (χ3n) is 4.71. The molecule has 1 aliphatic heterocycles. The molecule has 2 fully saturated rings. The van der Waals surface area contributed by atoms with Gasteiger partial charge in [-0.05, 0) is 70.3 Å². The van der Waals surface area contributed by atoms with Gasteiger partial charge in [0, 0.05) is 13.1 Å². The number of hydrogen-bond donors (Lipinski definition) is 0. The zero-order valence-corrected chi connectivity index (χ0v) is 13.9. The highest BCUT2D eigenvalue weighted by atomic mass is 16.6. The van der Waals surface area contributed by atoms with Crippen molar-refractivity contribution in [1.29, 1.82) is 0 Å². The Kier molecular flexibility index (Phi) is 4.84. The zero-order chi connectivity index (χ0) is 15.5. The number of allylic oxidation sites excluding steroid dienone is 1. The molecule has 0 unspecified atom stereocenters. The van der Waals surface area contributed by atoms with Crippen molar-refractivity contribution >= 4 is 6.09 Å². The van der Waals surface area contributed by atoms with Gasteiger partial charge in [-0.25, -0.2) is 4.79 Å². The number of hydrogen-bond acceptors (Lipinski definition) is 3. The van der Waals surface area contributed by atoms with Gasteiger partial charge in [0.05, 0.1) is 13.4 Å². The van der Waals surface area contributed by atoms with E-state index in [-0.39, 0.29) is 6.09 Å². The molecule has 0 aromatic heterocycles. The van der Waals surface area contributed by atoms with E-state index in [4.69, 9.17) is 9.47 Å². The molecule has 120 valence electrons. The van der Waals surface area contributed by atoms with Crippen molar-refractivity contribution in [3.05, 3.63) is 11.8 Å². The number of nitrogens with zero attached hydrogens (tertiary/aromatic N) is 1. The van der Waals surface area contributed by atoms with Crippen LogP contribution in [0.4, 0.5) is 4.79 Å². The van der Waals surface area contributed by atoms with Gasteiger partial charge in [0.25, 0.3) is 0 Å². The Morgan fingerprint density at radius 3 is 2.19 bits per heavy atom. The Bertz CT molecular complexity index is 389. The highest BCUT2D eigenvalue weighted by Gasteiger charge is 2.38. The van der Waals surface area contributed by atoms with Gasteiger partial charge >= 0.3 is 6.09 Å². The summed E-state index contributed by atoms with van der Waals surface area (Å²) in [4.78, 5) is 14.0. The molecule has 4 nitrogen and oxygen atoms in total. The predicted octanol–water partition coefficient (Wildman–Crippen LogP) is 4.11. The Morgan fingerprint density at radius 2 is 1.71 bits per heavy atom. The monoisotopic (exact) mass is 295 g/mol. The molecule has 0 atom stereocenters. The molecule has 0 radical (unpaired) electrons. The van der Waals surface area contributed by atoms with E-state index < -0.39 is 5.60 Å². The molecule has 21 heavy (non-hydrogen) atoms. The molecule has 2 rings (SSSR count). The van der Waals surface area contributed by atoms with Gasteiger partial charge in [0.1, 0.15) is 5.60 Å². The molecule has 0 aromatic rings. The summed E-state index contributed by atoms with van der Waals surface area (Å²) in [6.07, 6.45) is 8.69. The van der Waals surface area contributed by atoms with Crippen LogP contribution in [-0.4, -0.2) is 36.8 Å². The minimum absolute atomic E-state index is 0.159. The molecule has 0 N–H and O–H groups in total. The molecular weight excluding hydrogens is 266 g/mol. The zero-order valence-electron chi connectivity index (χ0n) is 13.9. The molecule has 1 amide bonds. The van der Waals surface area contributed by atoms with Gasteiger partial charge in [0.2, 0.25) is 0 Å². The van der Waals surface area contributed by atoms with Crippen LogP contribution >= 0.6 is 0 Å². The molecule has 1 saturated heterocycles. The first-order valence-corrected chi connectivity index (χ1v) is 8.02. The lowest BCUT2D eigenvalue weighted by Gasteiger charge is -2.44. The fourth-order valence-electron chi connectivity index (χ4n) is 3.38. The summed E-state index contributed by atoms with van der Waals surface area (Å²) in [6, 6.07) is 0. The Morgan fingerprint density at radius 1 is 1.14 bits per heavy atom. The smallest absolute Gasteiger partial charge is 0.410 e. The Balaban J connectivity index is 1.84. The fraction of sp³-hybridized carbons (Fsp3) is 0.824. The lowest BCUT2D eigenvalue weighted by molar-refractivity contribution is 0.00615.